The summed E-state index contributed by atoms with van der Waals surface area (Å²) < 4.78 is 54.4. The fraction of sp³-hybridized carbons (Fsp3) is 0.333. The lowest BCUT2D eigenvalue weighted by Gasteiger charge is -2.36. The molecule has 0 spiro atoms. The SMILES string of the molecule is Cc1cc(NC(c2ccc(C(F)(F)F)c(F)c2)C(C)(C)NC(=O)O)n2ncnc2n1. The average molecular weight is 426 g/mol. The standard InChI is InChI=1S/C18H18F4N6O2/c1-9-6-13(28-15(25-9)23-8-24-28)26-14(17(2,3)27-16(29)30)10-4-5-11(12(19)7-10)18(20,21)22/h4-8,14,26-27H,1-3H3,(H,29,30). The van der Waals surface area contributed by atoms with E-state index in [2.05, 4.69) is 25.7 Å². The Bertz CT molecular complexity index is 1100. The number of hydrogen-bond acceptors (Lipinski definition) is 5. The summed E-state index contributed by atoms with van der Waals surface area (Å²) in [7, 11) is 0. The van der Waals surface area contributed by atoms with Crippen LogP contribution in [0.2, 0.25) is 0 Å². The van der Waals surface area contributed by atoms with Gasteiger partial charge in [0.25, 0.3) is 5.78 Å². The van der Waals surface area contributed by atoms with Crippen molar-refractivity contribution in [2.24, 2.45) is 0 Å². The molecule has 3 aromatic rings. The Hall–Kier alpha value is -3.44. The Morgan fingerprint density at radius 1 is 1.23 bits per heavy atom. The zero-order valence-electron chi connectivity index (χ0n) is 16.1. The number of anilines is 1. The molecule has 3 N–H and O–H groups in total. The fourth-order valence-corrected chi connectivity index (χ4v) is 3.15. The number of carboxylic acid groups (broad SMARTS) is 1. The van der Waals surface area contributed by atoms with Gasteiger partial charge in [0.1, 0.15) is 18.0 Å². The van der Waals surface area contributed by atoms with Crippen LogP contribution in [0.25, 0.3) is 5.78 Å². The lowest BCUT2D eigenvalue weighted by molar-refractivity contribution is -0.140. The van der Waals surface area contributed by atoms with Gasteiger partial charge in [-0.05, 0) is 38.5 Å². The molecule has 2 heterocycles. The third-order valence-corrected chi connectivity index (χ3v) is 4.45. The zero-order valence-corrected chi connectivity index (χ0v) is 16.1. The van der Waals surface area contributed by atoms with Crippen molar-refractivity contribution < 1.29 is 27.5 Å². The Morgan fingerprint density at radius 2 is 1.93 bits per heavy atom. The minimum atomic E-state index is -4.85. The van der Waals surface area contributed by atoms with Crippen molar-refractivity contribution in [1.82, 2.24) is 24.9 Å². The van der Waals surface area contributed by atoms with Crippen molar-refractivity contribution in [2.45, 2.75) is 38.5 Å². The Labute approximate surface area is 168 Å². The quantitative estimate of drug-likeness (QED) is 0.537. The summed E-state index contributed by atoms with van der Waals surface area (Å²) in [4.78, 5) is 19.5. The molecule has 1 aromatic carbocycles. The highest BCUT2D eigenvalue weighted by molar-refractivity contribution is 5.66. The van der Waals surface area contributed by atoms with E-state index in [-0.39, 0.29) is 11.3 Å². The molecule has 3 rings (SSSR count). The van der Waals surface area contributed by atoms with Crippen LogP contribution in [0.3, 0.4) is 0 Å². The number of carbonyl (C=O) groups is 1. The van der Waals surface area contributed by atoms with Gasteiger partial charge in [-0.2, -0.15) is 27.8 Å². The number of halogens is 4. The van der Waals surface area contributed by atoms with Gasteiger partial charge in [0, 0.05) is 11.8 Å². The number of aromatic nitrogens is 4. The van der Waals surface area contributed by atoms with Gasteiger partial charge in [-0.25, -0.2) is 14.2 Å². The van der Waals surface area contributed by atoms with E-state index in [1.165, 1.54) is 24.7 Å². The first kappa shape index (κ1) is 21.3. The molecule has 0 bridgehead atoms. The van der Waals surface area contributed by atoms with Gasteiger partial charge in [-0.1, -0.05) is 6.07 Å². The van der Waals surface area contributed by atoms with E-state index in [0.717, 1.165) is 12.1 Å². The number of rotatable bonds is 5. The highest BCUT2D eigenvalue weighted by Crippen LogP contribution is 2.35. The highest BCUT2D eigenvalue weighted by atomic mass is 19.4. The van der Waals surface area contributed by atoms with Gasteiger partial charge in [0.05, 0.1) is 17.1 Å². The third-order valence-electron chi connectivity index (χ3n) is 4.45. The summed E-state index contributed by atoms with van der Waals surface area (Å²) in [5, 5.41) is 18.6. The zero-order chi connectivity index (χ0) is 22.3. The second kappa shape index (κ2) is 7.43. The van der Waals surface area contributed by atoms with Gasteiger partial charge >= 0.3 is 12.3 Å². The predicted octanol–water partition coefficient (Wildman–Crippen LogP) is 3.79. The Morgan fingerprint density at radius 3 is 2.53 bits per heavy atom. The van der Waals surface area contributed by atoms with Crippen molar-refractivity contribution in [3.63, 3.8) is 0 Å². The summed E-state index contributed by atoms with van der Waals surface area (Å²) in [5.41, 5.74) is -2.00. The largest absolute Gasteiger partial charge is 0.465 e. The molecule has 0 aliphatic rings. The van der Waals surface area contributed by atoms with Crippen LogP contribution >= 0.6 is 0 Å². The second-order valence-corrected chi connectivity index (χ2v) is 7.22. The number of aryl methyl sites for hydroxylation is 1. The van der Waals surface area contributed by atoms with Crippen LogP contribution in [0.5, 0.6) is 0 Å². The molecule has 12 heteroatoms. The molecule has 0 saturated heterocycles. The summed E-state index contributed by atoms with van der Waals surface area (Å²) in [6.07, 6.45) is -4.94. The van der Waals surface area contributed by atoms with Crippen LogP contribution < -0.4 is 10.6 Å². The normalized spacial score (nSPS) is 13.3. The van der Waals surface area contributed by atoms with E-state index in [4.69, 9.17) is 0 Å². The van der Waals surface area contributed by atoms with E-state index in [1.54, 1.807) is 13.0 Å². The van der Waals surface area contributed by atoms with Gasteiger partial charge < -0.3 is 15.7 Å². The predicted molar refractivity (Wildman–Crippen MR) is 98.5 cm³/mol. The van der Waals surface area contributed by atoms with Crippen molar-refractivity contribution in [3.05, 3.63) is 53.2 Å². The van der Waals surface area contributed by atoms with Crippen molar-refractivity contribution >= 4 is 17.7 Å². The summed E-state index contributed by atoms with van der Waals surface area (Å²) in [5.74, 6) is -0.853. The van der Waals surface area contributed by atoms with Gasteiger partial charge in [0.15, 0.2) is 0 Å². The van der Waals surface area contributed by atoms with Crippen molar-refractivity contribution in [3.8, 4) is 0 Å². The number of amides is 1. The van der Waals surface area contributed by atoms with Crippen molar-refractivity contribution in [2.75, 3.05) is 5.32 Å². The topological polar surface area (TPSA) is 104 Å². The molecule has 0 fully saturated rings. The number of nitrogens with one attached hydrogen (secondary N) is 2. The van der Waals surface area contributed by atoms with E-state index < -0.39 is 35.2 Å². The smallest absolute Gasteiger partial charge is 0.419 e. The lowest BCUT2D eigenvalue weighted by Crippen LogP contribution is -2.50. The third kappa shape index (κ3) is 4.26. The number of hydrogen-bond donors (Lipinski definition) is 3. The fourth-order valence-electron chi connectivity index (χ4n) is 3.15. The van der Waals surface area contributed by atoms with Crippen LogP contribution in [0.1, 0.15) is 36.7 Å². The first-order valence-corrected chi connectivity index (χ1v) is 8.70. The Balaban J connectivity index is 2.11. The maximum absolute atomic E-state index is 14.2. The average Bonchev–Trinajstić information content (AvgIpc) is 3.05. The molecule has 0 aliphatic carbocycles. The molecular weight excluding hydrogens is 408 g/mol. The first-order valence-electron chi connectivity index (χ1n) is 8.70. The highest BCUT2D eigenvalue weighted by Gasteiger charge is 2.37. The number of fused-ring (bicyclic) bond motifs is 1. The molecule has 160 valence electrons. The lowest BCUT2D eigenvalue weighted by atomic mass is 9.88. The summed E-state index contributed by atoms with van der Waals surface area (Å²) in [6.45, 7) is 4.73. The number of benzene rings is 1. The molecule has 30 heavy (non-hydrogen) atoms. The minimum absolute atomic E-state index is 0.0991. The van der Waals surface area contributed by atoms with Gasteiger partial charge in [0.2, 0.25) is 0 Å². The van der Waals surface area contributed by atoms with E-state index in [9.17, 15) is 27.5 Å². The monoisotopic (exact) mass is 426 g/mol. The Kier molecular flexibility index (Phi) is 5.27. The van der Waals surface area contributed by atoms with Gasteiger partial charge in [-0.15, -0.1) is 0 Å². The number of alkyl halides is 3. The molecule has 8 nitrogen and oxygen atoms in total. The molecular formula is C18H18F4N6O2. The molecule has 2 aromatic heterocycles. The van der Waals surface area contributed by atoms with E-state index >= 15 is 0 Å². The maximum Gasteiger partial charge on any atom is 0.419 e. The number of nitrogens with zero attached hydrogens (tertiary/aromatic N) is 4. The molecule has 0 aliphatic heterocycles. The molecule has 0 saturated carbocycles. The molecule has 0 radical (unpaired) electrons. The minimum Gasteiger partial charge on any atom is -0.465 e. The maximum atomic E-state index is 14.2. The van der Waals surface area contributed by atoms with Crippen LogP contribution in [-0.2, 0) is 6.18 Å². The molecule has 1 atom stereocenters. The summed E-state index contributed by atoms with van der Waals surface area (Å²) >= 11 is 0. The first-order chi connectivity index (χ1) is 13.9. The van der Waals surface area contributed by atoms with Crippen LogP contribution in [0.15, 0.2) is 30.6 Å². The molecule has 1 unspecified atom stereocenters. The van der Waals surface area contributed by atoms with Crippen LogP contribution in [-0.4, -0.2) is 36.3 Å². The second-order valence-electron chi connectivity index (χ2n) is 7.22. The van der Waals surface area contributed by atoms with Crippen molar-refractivity contribution in [1.29, 1.82) is 0 Å². The van der Waals surface area contributed by atoms with Gasteiger partial charge in [-0.3, -0.25) is 0 Å². The van der Waals surface area contributed by atoms with Crippen LogP contribution in [0.4, 0.5) is 28.2 Å². The van der Waals surface area contributed by atoms with Crippen LogP contribution in [0, 0.1) is 12.7 Å². The van der Waals surface area contributed by atoms with E-state index in [0.29, 0.717) is 17.6 Å². The van der Waals surface area contributed by atoms with E-state index in [1.807, 2.05) is 0 Å². The summed E-state index contributed by atoms with van der Waals surface area (Å²) in [6, 6.07) is 3.09. The molecule has 1 amide bonds.